The van der Waals surface area contributed by atoms with E-state index in [0.29, 0.717) is 12.2 Å². The second-order valence-corrected chi connectivity index (χ2v) is 9.78. The van der Waals surface area contributed by atoms with E-state index in [-0.39, 0.29) is 5.97 Å². The Labute approximate surface area is 168 Å². The van der Waals surface area contributed by atoms with E-state index in [1.54, 1.807) is 11.8 Å². The Morgan fingerprint density at radius 2 is 2.11 bits per heavy atom. The van der Waals surface area contributed by atoms with Crippen LogP contribution in [0.4, 0.5) is 0 Å². The van der Waals surface area contributed by atoms with Gasteiger partial charge in [-0.2, -0.15) is 0 Å². The van der Waals surface area contributed by atoms with Crippen LogP contribution in [-0.4, -0.2) is 46.8 Å². The molecule has 2 aromatic rings. The van der Waals surface area contributed by atoms with Crippen LogP contribution in [0.15, 0.2) is 5.03 Å². The minimum absolute atomic E-state index is 0.161. The number of rotatable bonds is 6. The number of hydrogen-bond acceptors (Lipinski definition) is 7. The van der Waals surface area contributed by atoms with Crippen LogP contribution in [0, 0.1) is 5.92 Å². The van der Waals surface area contributed by atoms with Crippen molar-refractivity contribution in [1.82, 2.24) is 14.9 Å². The molecule has 0 unspecified atom stereocenters. The smallest absolute Gasteiger partial charge is 0.306 e. The van der Waals surface area contributed by atoms with Gasteiger partial charge in [-0.25, -0.2) is 9.97 Å². The third-order valence-corrected chi connectivity index (χ3v) is 7.75. The van der Waals surface area contributed by atoms with Crippen molar-refractivity contribution in [1.29, 1.82) is 0 Å². The van der Waals surface area contributed by atoms with E-state index < -0.39 is 0 Å². The first-order valence-electron chi connectivity index (χ1n) is 9.87. The highest BCUT2D eigenvalue weighted by Gasteiger charge is 2.24. The van der Waals surface area contributed by atoms with E-state index in [0.717, 1.165) is 47.7 Å². The van der Waals surface area contributed by atoms with Crippen molar-refractivity contribution >= 4 is 39.3 Å². The average Bonchev–Trinajstić information content (AvgIpc) is 3.24. The molecule has 0 radical (unpaired) electrons. The van der Waals surface area contributed by atoms with Crippen molar-refractivity contribution < 1.29 is 9.53 Å². The van der Waals surface area contributed by atoms with Gasteiger partial charge in [0, 0.05) is 16.0 Å². The molecule has 4 rings (SSSR count). The van der Waals surface area contributed by atoms with Gasteiger partial charge < -0.3 is 4.74 Å². The van der Waals surface area contributed by atoms with E-state index in [9.17, 15) is 4.79 Å². The fraction of sp³-hybridized carbons (Fsp3) is 0.650. The van der Waals surface area contributed by atoms with Crippen molar-refractivity contribution in [3.63, 3.8) is 0 Å². The summed E-state index contributed by atoms with van der Waals surface area (Å²) in [6.07, 6.45) is 6.47. The molecule has 1 aliphatic heterocycles. The van der Waals surface area contributed by atoms with E-state index in [1.165, 1.54) is 48.6 Å². The number of piperidine rings is 1. The van der Waals surface area contributed by atoms with Crippen LogP contribution in [0.1, 0.15) is 48.9 Å². The lowest BCUT2D eigenvalue weighted by molar-refractivity contribution is -0.140. The molecule has 1 fully saturated rings. The summed E-state index contributed by atoms with van der Waals surface area (Å²) in [6.45, 7) is 5.43. The zero-order chi connectivity index (χ0) is 18.8. The summed E-state index contributed by atoms with van der Waals surface area (Å²) in [5, 5.41) is 2.31. The van der Waals surface area contributed by atoms with Crippen molar-refractivity contribution in [3.05, 3.63) is 16.3 Å². The summed E-state index contributed by atoms with van der Waals surface area (Å²) in [5.41, 5.74) is 1.45. The molecule has 1 saturated heterocycles. The predicted octanol–water partition coefficient (Wildman–Crippen LogP) is 4.07. The van der Waals surface area contributed by atoms with Gasteiger partial charge in [0.25, 0.3) is 0 Å². The molecule has 5 nitrogen and oxygen atoms in total. The number of esters is 1. The molecule has 0 N–H and O–H groups in total. The Bertz CT molecular complexity index is 828. The maximum atomic E-state index is 11.5. The van der Waals surface area contributed by atoms with Crippen molar-refractivity contribution in [2.45, 2.75) is 57.0 Å². The molecule has 2 aromatic heterocycles. The summed E-state index contributed by atoms with van der Waals surface area (Å²) in [6, 6.07) is 0. The van der Waals surface area contributed by atoms with Gasteiger partial charge in [0.2, 0.25) is 0 Å². The van der Waals surface area contributed by atoms with Crippen LogP contribution < -0.4 is 0 Å². The molecule has 7 heteroatoms. The number of carbonyl (C=O) groups is 1. The lowest BCUT2D eigenvalue weighted by Crippen LogP contribution is -2.33. The van der Waals surface area contributed by atoms with E-state index in [2.05, 4.69) is 11.8 Å². The first kappa shape index (κ1) is 19.2. The first-order valence-corrected chi connectivity index (χ1v) is 11.7. The van der Waals surface area contributed by atoms with Gasteiger partial charge in [-0.3, -0.25) is 9.69 Å². The molecule has 2 aliphatic rings. The number of fused-ring (bicyclic) bond motifs is 3. The molecule has 0 amide bonds. The summed E-state index contributed by atoms with van der Waals surface area (Å²) in [5.74, 6) is 2.29. The highest BCUT2D eigenvalue weighted by Crippen LogP contribution is 2.40. The third kappa shape index (κ3) is 4.30. The Morgan fingerprint density at radius 1 is 1.30 bits per heavy atom. The normalized spacial score (nSPS) is 18.1. The highest BCUT2D eigenvalue weighted by molar-refractivity contribution is 7.99. The molecule has 0 bridgehead atoms. The monoisotopic (exact) mass is 405 g/mol. The Hall–Kier alpha value is -1.18. The number of thioether (sulfide) groups is 1. The topological polar surface area (TPSA) is 55.3 Å². The Balaban J connectivity index is 1.58. The van der Waals surface area contributed by atoms with Crippen LogP contribution >= 0.6 is 23.1 Å². The zero-order valence-electron chi connectivity index (χ0n) is 16.1. The number of carbonyl (C=O) groups excluding carboxylic acids is 1. The van der Waals surface area contributed by atoms with Gasteiger partial charge in [0.15, 0.2) is 0 Å². The molecule has 146 valence electrons. The van der Waals surface area contributed by atoms with Gasteiger partial charge in [0.05, 0.1) is 20.1 Å². The number of aromatic nitrogens is 2. The summed E-state index contributed by atoms with van der Waals surface area (Å²) >= 11 is 3.52. The highest BCUT2D eigenvalue weighted by atomic mass is 32.2. The number of thiophene rings is 1. The average molecular weight is 406 g/mol. The SMILES string of the molecule is COC(=O)CCSc1nc(CN2CCC(C)CC2)nc2sc3c(c12)CCC3. The number of likely N-dealkylation sites (tertiary alicyclic amines) is 1. The second-order valence-electron chi connectivity index (χ2n) is 7.62. The second kappa shape index (κ2) is 8.45. The minimum atomic E-state index is -0.161. The molecular formula is C20H27N3O2S2. The largest absolute Gasteiger partial charge is 0.469 e. The minimum Gasteiger partial charge on any atom is -0.469 e. The van der Waals surface area contributed by atoms with Crippen LogP contribution in [0.25, 0.3) is 10.2 Å². The van der Waals surface area contributed by atoms with Gasteiger partial charge in [0.1, 0.15) is 15.7 Å². The van der Waals surface area contributed by atoms with Crippen molar-refractivity contribution in [3.8, 4) is 0 Å². The Morgan fingerprint density at radius 3 is 2.89 bits per heavy atom. The van der Waals surface area contributed by atoms with Gasteiger partial charge in [-0.05, 0) is 56.7 Å². The zero-order valence-corrected chi connectivity index (χ0v) is 17.8. The predicted molar refractivity (Wildman–Crippen MR) is 110 cm³/mol. The maximum absolute atomic E-state index is 11.5. The fourth-order valence-electron chi connectivity index (χ4n) is 3.93. The van der Waals surface area contributed by atoms with E-state index in [1.807, 2.05) is 11.3 Å². The number of ether oxygens (including phenoxy) is 1. The summed E-state index contributed by atoms with van der Waals surface area (Å²) in [4.78, 5) is 26.5. The maximum Gasteiger partial charge on any atom is 0.306 e. The Kier molecular flexibility index (Phi) is 5.99. The molecule has 0 saturated carbocycles. The summed E-state index contributed by atoms with van der Waals surface area (Å²) < 4.78 is 4.78. The molecule has 0 atom stereocenters. The van der Waals surface area contributed by atoms with Crippen LogP contribution in [-0.2, 0) is 28.9 Å². The first-order chi connectivity index (χ1) is 13.1. The lowest BCUT2D eigenvalue weighted by Gasteiger charge is -2.29. The van der Waals surface area contributed by atoms with Crippen LogP contribution in [0.3, 0.4) is 0 Å². The number of nitrogens with zero attached hydrogens (tertiary/aromatic N) is 3. The van der Waals surface area contributed by atoms with Gasteiger partial charge >= 0.3 is 5.97 Å². The van der Waals surface area contributed by atoms with Gasteiger partial charge in [-0.1, -0.05) is 6.92 Å². The number of aryl methyl sites for hydroxylation is 2. The summed E-state index contributed by atoms with van der Waals surface area (Å²) in [7, 11) is 1.44. The fourth-order valence-corrected chi connectivity index (χ4v) is 6.27. The number of hydrogen-bond donors (Lipinski definition) is 0. The van der Waals surface area contributed by atoms with Crippen molar-refractivity contribution in [2.75, 3.05) is 26.0 Å². The lowest BCUT2D eigenvalue weighted by atomic mass is 9.99. The molecule has 0 spiro atoms. The molecule has 3 heterocycles. The molecular weight excluding hydrogens is 378 g/mol. The molecule has 27 heavy (non-hydrogen) atoms. The van der Waals surface area contributed by atoms with E-state index in [4.69, 9.17) is 14.7 Å². The van der Waals surface area contributed by atoms with Crippen LogP contribution in [0.5, 0.6) is 0 Å². The number of methoxy groups -OCH3 is 1. The van der Waals surface area contributed by atoms with Crippen LogP contribution in [0.2, 0.25) is 0 Å². The van der Waals surface area contributed by atoms with Crippen molar-refractivity contribution in [2.24, 2.45) is 5.92 Å². The third-order valence-electron chi connectivity index (χ3n) is 5.59. The molecule has 1 aliphatic carbocycles. The van der Waals surface area contributed by atoms with Gasteiger partial charge in [-0.15, -0.1) is 23.1 Å². The standard InChI is InChI=1S/C20H27N3O2S2/c1-13-6-9-23(10-7-13)12-16-21-19(26-11-8-17(24)25-2)18-14-4-3-5-15(14)27-20(18)22-16/h13H,3-12H2,1-2H3. The molecule has 0 aromatic carbocycles. The quantitative estimate of drug-likeness (QED) is 0.410. The van der Waals surface area contributed by atoms with E-state index >= 15 is 0 Å².